The lowest BCUT2D eigenvalue weighted by Crippen LogP contribution is -2.25. The highest BCUT2D eigenvalue weighted by Gasteiger charge is 2.32. The second-order valence-electron chi connectivity index (χ2n) is 5.40. The summed E-state index contributed by atoms with van der Waals surface area (Å²) < 4.78 is 1.53. The second-order valence-corrected chi connectivity index (χ2v) is 5.40. The average Bonchev–Trinajstić information content (AvgIpc) is 3.20. The fourth-order valence-corrected chi connectivity index (χ4v) is 2.84. The van der Waals surface area contributed by atoms with E-state index in [2.05, 4.69) is 30.8 Å². The third kappa shape index (κ3) is 3.03. The van der Waals surface area contributed by atoms with Gasteiger partial charge in [0, 0.05) is 17.7 Å². The number of aromatic nitrogens is 7. The van der Waals surface area contributed by atoms with Crippen LogP contribution in [0.3, 0.4) is 0 Å². The van der Waals surface area contributed by atoms with Crippen LogP contribution in [-0.4, -0.2) is 46.5 Å². The number of fused-ring (bicyclic) bond motifs is 1. The van der Waals surface area contributed by atoms with Crippen LogP contribution in [0.2, 0.25) is 0 Å². The lowest BCUT2D eigenvalue weighted by Gasteiger charge is -2.20. The normalized spacial score (nSPS) is 14.0. The Morgan fingerprint density at radius 1 is 1.43 bits per heavy atom. The van der Waals surface area contributed by atoms with Crippen LogP contribution in [0, 0.1) is 5.92 Å². The van der Waals surface area contributed by atoms with Gasteiger partial charge in [-0.1, -0.05) is 13.3 Å². The molecule has 0 aromatic carbocycles. The van der Waals surface area contributed by atoms with Crippen LogP contribution in [0.4, 0.5) is 0 Å². The number of carboxylic acids is 1. The van der Waals surface area contributed by atoms with E-state index in [0.29, 0.717) is 18.7 Å². The molecule has 0 saturated heterocycles. The number of aromatic amines is 1. The highest BCUT2D eigenvalue weighted by atomic mass is 16.4. The van der Waals surface area contributed by atoms with Gasteiger partial charge >= 0.3 is 5.97 Å². The van der Waals surface area contributed by atoms with Crippen LogP contribution in [-0.2, 0) is 11.2 Å². The van der Waals surface area contributed by atoms with Crippen LogP contribution >= 0.6 is 0 Å². The smallest absolute Gasteiger partial charge is 0.307 e. The van der Waals surface area contributed by atoms with Gasteiger partial charge < -0.3 is 5.11 Å². The molecular formula is C14H17N7O2. The van der Waals surface area contributed by atoms with Crippen LogP contribution in [0.25, 0.3) is 5.52 Å². The Bertz CT molecular complexity index is 783. The summed E-state index contributed by atoms with van der Waals surface area (Å²) in [4.78, 5) is 11.7. The molecule has 9 heteroatoms. The van der Waals surface area contributed by atoms with Gasteiger partial charge in [0.05, 0.1) is 17.6 Å². The van der Waals surface area contributed by atoms with E-state index in [1.165, 1.54) is 4.63 Å². The monoisotopic (exact) mass is 315 g/mol. The number of hydrogen-bond acceptors (Lipinski definition) is 6. The number of carbonyl (C=O) groups is 1. The Labute approximate surface area is 131 Å². The van der Waals surface area contributed by atoms with E-state index in [-0.39, 0.29) is 5.92 Å². The minimum Gasteiger partial charge on any atom is -0.481 e. The standard InChI is InChI=1S/C14H17N7O2/c1-2-4-10(14(22)23)11(13-17-19-20-18-13)7-9-8-16-21-12(9)5-3-6-15-21/h3,5-6,8,10-11H,2,4,7H2,1H3,(H,22,23)(H,17,18,19,20)/t10-,11-/m0/s1. The summed E-state index contributed by atoms with van der Waals surface area (Å²) in [6, 6.07) is 3.73. The van der Waals surface area contributed by atoms with Gasteiger partial charge in [-0.3, -0.25) is 4.79 Å². The summed E-state index contributed by atoms with van der Waals surface area (Å²) in [6.07, 6.45) is 5.16. The van der Waals surface area contributed by atoms with Gasteiger partial charge in [-0.15, -0.1) is 5.10 Å². The van der Waals surface area contributed by atoms with E-state index in [0.717, 1.165) is 17.5 Å². The van der Waals surface area contributed by atoms with Crippen LogP contribution in [0.5, 0.6) is 0 Å². The van der Waals surface area contributed by atoms with Crippen molar-refractivity contribution in [2.75, 3.05) is 0 Å². The summed E-state index contributed by atoms with van der Waals surface area (Å²) >= 11 is 0. The minimum atomic E-state index is -0.845. The maximum atomic E-state index is 11.7. The first kappa shape index (κ1) is 15.1. The Morgan fingerprint density at radius 3 is 3.00 bits per heavy atom. The first-order chi connectivity index (χ1) is 11.2. The highest BCUT2D eigenvalue weighted by Crippen LogP contribution is 2.30. The zero-order valence-electron chi connectivity index (χ0n) is 12.6. The molecule has 3 rings (SSSR count). The lowest BCUT2D eigenvalue weighted by atomic mass is 9.83. The minimum absolute atomic E-state index is 0.351. The van der Waals surface area contributed by atoms with Gasteiger partial charge in [-0.25, -0.2) is 5.10 Å². The third-order valence-electron chi connectivity index (χ3n) is 3.94. The summed E-state index contributed by atoms with van der Waals surface area (Å²) in [7, 11) is 0. The molecule has 3 aromatic rings. The van der Waals surface area contributed by atoms with Gasteiger partial charge in [0.25, 0.3) is 0 Å². The first-order valence-electron chi connectivity index (χ1n) is 7.45. The predicted molar refractivity (Wildman–Crippen MR) is 79.6 cm³/mol. The fraction of sp³-hybridized carbons (Fsp3) is 0.429. The van der Waals surface area contributed by atoms with Crippen molar-refractivity contribution in [3.8, 4) is 0 Å². The molecular weight excluding hydrogens is 298 g/mol. The molecule has 2 N–H and O–H groups in total. The highest BCUT2D eigenvalue weighted by molar-refractivity contribution is 5.71. The van der Waals surface area contributed by atoms with Crippen LogP contribution in [0.1, 0.15) is 37.1 Å². The van der Waals surface area contributed by atoms with Crippen molar-refractivity contribution in [3.05, 3.63) is 35.9 Å². The van der Waals surface area contributed by atoms with E-state index in [1.54, 1.807) is 12.4 Å². The van der Waals surface area contributed by atoms with Crippen LogP contribution in [0.15, 0.2) is 24.5 Å². The van der Waals surface area contributed by atoms with Crippen molar-refractivity contribution in [2.24, 2.45) is 5.92 Å². The molecule has 120 valence electrons. The summed E-state index contributed by atoms with van der Waals surface area (Å²) in [6.45, 7) is 1.96. The molecule has 0 aliphatic carbocycles. The maximum absolute atomic E-state index is 11.7. The molecule has 9 nitrogen and oxygen atoms in total. The molecule has 2 atom stereocenters. The van der Waals surface area contributed by atoms with Crippen molar-refractivity contribution in [1.29, 1.82) is 0 Å². The van der Waals surface area contributed by atoms with Crippen molar-refractivity contribution < 1.29 is 9.90 Å². The number of hydrogen-bond donors (Lipinski definition) is 2. The predicted octanol–water partition coefficient (Wildman–Crippen LogP) is 1.07. The maximum Gasteiger partial charge on any atom is 0.307 e. The van der Waals surface area contributed by atoms with Crippen molar-refractivity contribution in [1.82, 2.24) is 35.5 Å². The Balaban J connectivity index is 1.97. The number of rotatable bonds is 7. The summed E-state index contributed by atoms with van der Waals surface area (Å²) in [5.41, 5.74) is 1.77. The lowest BCUT2D eigenvalue weighted by molar-refractivity contribution is -0.142. The molecule has 0 amide bonds. The topological polar surface area (TPSA) is 122 Å². The van der Waals surface area contributed by atoms with Gasteiger partial charge in [0.15, 0.2) is 5.82 Å². The SMILES string of the molecule is CCC[C@H](C(=O)O)[C@H](Cc1cnn2ncccc12)c1nnn[nH]1. The number of nitrogens with zero attached hydrogens (tertiary/aromatic N) is 6. The largest absolute Gasteiger partial charge is 0.481 e. The molecule has 0 aliphatic rings. The Kier molecular flexibility index (Phi) is 4.26. The van der Waals surface area contributed by atoms with E-state index >= 15 is 0 Å². The molecule has 3 heterocycles. The molecule has 0 spiro atoms. The van der Waals surface area contributed by atoms with E-state index in [1.807, 2.05) is 19.1 Å². The molecule has 0 saturated carbocycles. The number of nitrogens with one attached hydrogen (secondary N) is 1. The molecule has 0 bridgehead atoms. The summed E-state index contributed by atoms with van der Waals surface area (Å²) in [5, 5.41) is 31.8. The number of carboxylic acid groups (broad SMARTS) is 1. The quantitative estimate of drug-likeness (QED) is 0.668. The van der Waals surface area contributed by atoms with Gasteiger partial charge in [-0.05, 0) is 35.4 Å². The van der Waals surface area contributed by atoms with E-state index < -0.39 is 11.9 Å². The molecule has 0 unspecified atom stereocenters. The average molecular weight is 315 g/mol. The summed E-state index contributed by atoms with van der Waals surface area (Å²) in [5.74, 6) is -1.28. The van der Waals surface area contributed by atoms with Gasteiger partial charge in [-0.2, -0.15) is 14.8 Å². The molecule has 0 radical (unpaired) electrons. The van der Waals surface area contributed by atoms with Crippen molar-refractivity contribution in [2.45, 2.75) is 32.1 Å². The molecule has 3 aromatic heterocycles. The zero-order chi connectivity index (χ0) is 16.2. The van der Waals surface area contributed by atoms with E-state index in [9.17, 15) is 9.90 Å². The van der Waals surface area contributed by atoms with Gasteiger partial charge in [0.1, 0.15) is 0 Å². The fourth-order valence-electron chi connectivity index (χ4n) is 2.84. The number of H-pyrrole nitrogens is 1. The van der Waals surface area contributed by atoms with Crippen LogP contribution < -0.4 is 0 Å². The number of tetrazole rings is 1. The van der Waals surface area contributed by atoms with Crippen molar-refractivity contribution in [3.63, 3.8) is 0 Å². The second kappa shape index (κ2) is 6.51. The molecule has 23 heavy (non-hydrogen) atoms. The molecule has 0 fully saturated rings. The van der Waals surface area contributed by atoms with E-state index in [4.69, 9.17) is 0 Å². The first-order valence-corrected chi connectivity index (χ1v) is 7.45. The van der Waals surface area contributed by atoms with Gasteiger partial charge in [0.2, 0.25) is 0 Å². The third-order valence-corrected chi connectivity index (χ3v) is 3.94. The molecule has 0 aliphatic heterocycles. The Morgan fingerprint density at radius 2 is 2.30 bits per heavy atom. The Hall–Kier alpha value is -2.84. The van der Waals surface area contributed by atoms with Crippen molar-refractivity contribution >= 4 is 11.5 Å². The zero-order valence-corrected chi connectivity index (χ0v) is 12.6. The number of aliphatic carboxylic acids is 1.